The van der Waals surface area contributed by atoms with Crippen molar-refractivity contribution >= 4 is 17.5 Å². The van der Waals surface area contributed by atoms with Crippen molar-refractivity contribution in [2.75, 3.05) is 23.3 Å². The number of rotatable bonds is 7. The van der Waals surface area contributed by atoms with Gasteiger partial charge < -0.3 is 10.2 Å². The van der Waals surface area contributed by atoms with Crippen molar-refractivity contribution in [2.24, 2.45) is 11.3 Å². The van der Waals surface area contributed by atoms with Crippen LogP contribution < -0.4 is 10.2 Å². The first-order valence-electron chi connectivity index (χ1n) is 12.4. The van der Waals surface area contributed by atoms with Crippen LogP contribution in [0, 0.1) is 22.7 Å². The van der Waals surface area contributed by atoms with E-state index in [1.54, 1.807) is 18.2 Å². The molecule has 1 aliphatic heterocycles. The summed E-state index contributed by atoms with van der Waals surface area (Å²) >= 11 is 0. The lowest BCUT2D eigenvalue weighted by Crippen LogP contribution is -2.27. The van der Waals surface area contributed by atoms with Crippen LogP contribution in [0.2, 0.25) is 0 Å². The molecule has 1 atom stereocenters. The van der Waals surface area contributed by atoms with Gasteiger partial charge in [0.2, 0.25) is 0 Å². The molecule has 3 aromatic heterocycles. The van der Waals surface area contributed by atoms with Gasteiger partial charge in [-0.15, -0.1) is 0 Å². The molecule has 0 aromatic carbocycles. The first-order chi connectivity index (χ1) is 18.0. The highest BCUT2D eigenvalue weighted by Crippen LogP contribution is 2.40. The lowest BCUT2D eigenvalue weighted by molar-refractivity contribution is -0.142. The second kappa shape index (κ2) is 9.70. The third kappa shape index (κ3) is 5.77. The molecular formula is C26H27F3N8O. The molecule has 0 unspecified atom stereocenters. The number of carbonyl (C=O) groups excluding carboxylic acids is 1. The van der Waals surface area contributed by atoms with Gasteiger partial charge in [0.25, 0.3) is 5.91 Å². The van der Waals surface area contributed by atoms with Gasteiger partial charge in [-0.2, -0.15) is 23.5 Å². The minimum absolute atomic E-state index is 0.0937. The summed E-state index contributed by atoms with van der Waals surface area (Å²) in [5, 5.41) is 16.1. The van der Waals surface area contributed by atoms with Crippen LogP contribution in [0.15, 0.2) is 36.7 Å². The summed E-state index contributed by atoms with van der Waals surface area (Å²) in [5.41, 5.74) is 0.346. The predicted octanol–water partition coefficient (Wildman–Crippen LogP) is 4.80. The Morgan fingerprint density at radius 1 is 1.18 bits per heavy atom. The number of aromatic nitrogens is 5. The molecule has 38 heavy (non-hydrogen) atoms. The molecule has 2 fully saturated rings. The van der Waals surface area contributed by atoms with Gasteiger partial charge in [-0.25, -0.2) is 15.0 Å². The molecule has 2 aliphatic rings. The largest absolute Gasteiger partial charge is 0.408 e. The Bertz CT molecular complexity index is 1390. The number of carbonyl (C=O) groups is 1. The van der Waals surface area contributed by atoms with Gasteiger partial charge in [0.15, 0.2) is 0 Å². The van der Waals surface area contributed by atoms with Crippen LogP contribution in [0.4, 0.5) is 24.8 Å². The Morgan fingerprint density at radius 3 is 2.68 bits per heavy atom. The Kier molecular flexibility index (Phi) is 6.54. The van der Waals surface area contributed by atoms with Crippen LogP contribution in [-0.4, -0.2) is 49.9 Å². The van der Waals surface area contributed by atoms with E-state index >= 15 is 0 Å². The van der Waals surface area contributed by atoms with Crippen molar-refractivity contribution in [2.45, 2.75) is 51.7 Å². The SMILES string of the molecule is CC(C)(C#N)[C@@H]1CCN(c2cc(NC(=O)c3cccc(-c4cnn(CC(F)(F)F)c4)n3)nc(C3CC3)n2)C1. The number of nitriles is 1. The van der Waals surface area contributed by atoms with Gasteiger partial charge in [0.05, 0.1) is 23.4 Å². The number of amides is 1. The summed E-state index contributed by atoms with van der Waals surface area (Å²) in [7, 11) is 0. The summed E-state index contributed by atoms with van der Waals surface area (Å²) < 4.78 is 38.8. The number of halogens is 3. The van der Waals surface area contributed by atoms with E-state index < -0.39 is 24.0 Å². The zero-order chi connectivity index (χ0) is 27.1. The number of hydrogen-bond donors (Lipinski definition) is 1. The fourth-order valence-electron chi connectivity index (χ4n) is 4.52. The fraction of sp³-hybridized carbons (Fsp3) is 0.462. The quantitative estimate of drug-likeness (QED) is 0.472. The van der Waals surface area contributed by atoms with Gasteiger partial charge in [-0.05, 0) is 51.2 Å². The summed E-state index contributed by atoms with van der Waals surface area (Å²) in [6.45, 7) is 4.14. The van der Waals surface area contributed by atoms with E-state index in [1.165, 1.54) is 18.5 Å². The van der Waals surface area contributed by atoms with E-state index in [2.05, 4.69) is 31.4 Å². The highest BCUT2D eigenvalue weighted by atomic mass is 19.4. The third-order valence-electron chi connectivity index (χ3n) is 6.99. The van der Waals surface area contributed by atoms with E-state index in [0.29, 0.717) is 35.3 Å². The summed E-state index contributed by atoms with van der Waals surface area (Å²) in [6.07, 6.45) is 0.995. The zero-order valence-corrected chi connectivity index (χ0v) is 21.0. The minimum atomic E-state index is -4.39. The molecule has 12 heteroatoms. The highest BCUT2D eigenvalue weighted by molar-refractivity contribution is 6.02. The number of nitrogens with one attached hydrogen (secondary N) is 1. The van der Waals surface area contributed by atoms with Crippen LogP contribution >= 0.6 is 0 Å². The zero-order valence-electron chi connectivity index (χ0n) is 21.0. The van der Waals surface area contributed by atoms with Crippen LogP contribution in [0.25, 0.3) is 11.3 Å². The molecule has 1 N–H and O–H groups in total. The van der Waals surface area contributed by atoms with Gasteiger partial charge in [-0.1, -0.05) is 6.07 Å². The number of anilines is 2. The van der Waals surface area contributed by atoms with Gasteiger partial charge in [-0.3, -0.25) is 9.48 Å². The van der Waals surface area contributed by atoms with Gasteiger partial charge >= 0.3 is 6.18 Å². The van der Waals surface area contributed by atoms with Gasteiger partial charge in [0, 0.05) is 36.8 Å². The number of alkyl halides is 3. The first kappa shape index (κ1) is 25.6. The molecule has 0 spiro atoms. The highest BCUT2D eigenvalue weighted by Gasteiger charge is 2.36. The van der Waals surface area contributed by atoms with Crippen molar-refractivity contribution in [1.82, 2.24) is 24.7 Å². The van der Waals surface area contributed by atoms with Crippen LogP contribution in [0.3, 0.4) is 0 Å². The molecule has 1 saturated carbocycles. The summed E-state index contributed by atoms with van der Waals surface area (Å²) in [5.74, 6) is 1.72. The van der Waals surface area contributed by atoms with Crippen LogP contribution in [0.1, 0.15) is 55.3 Å². The van der Waals surface area contributed by atoms with Crippen molar-refractivity contribution in [3.8, 4) is 17.3 Å². The Hall–Kier alpha value is -4.01. The second-order valence-corrected chi connectivity index (χ2v) is 10.4. The average Bonchev–Trinajstić information content (AvgIpc) is 3.41. The average molecular weight is 525 g/mol. The maximum Gasteiger partial charge on any atom is 0.408 e. The van der Waals surface area contributed by atoms with E-state index in [0.717, 1.165) is 30.5 Å². The first-order valence-corrected chi connectivity index (χ1v) is 12.4. The lowest BCUT2D eigenvalue weighted by atomic mass is 9.80. The number of hydrogen-bond acceptors (Lipinski definition) is 7. The van der Waals surface area contributed by atoms with E-state index in [-0.39, 0.29) is 17.5 Å². The lowest BCUT2D eigenvalue weighted by Gasteiger charge is -2.24. The van der Waals surface area contributed by atoms with Crippen LogP contribution in [0.5, 0.6) is 0 Å². The smallest absolute Gasteiger partial charge is 0.356 e. The predicted molar refractivity (Wildman–Crippen MR) is 133 cm³/mol. The van der Waals surface area contributed by atoms with Gasteiger partial charge in [0.1, 0.15) is 29.7 Å². The Balaban J connectivity index is 1.34. The second-order valence-electron chi connectivity index (χ2n) is 10.4. The Labute approximate surface area is 217 Å². The molecule has 1 amide bonds. The van der Waals surface area contributed by atoms with E-state index in [9.17, 15) is 23.2 Å². The number of pyridine rings is 1. The molecular weight excluding hydrogens is 497 g/mol. The summed E-state index contributed by atoms with van der Waals surface area (Å²) in [6, 6.07) is 8.87. The topological polar surface area (TPSA) is 113 Å². The molecule has 1 saturated heterocycles. The van der Waals surface area contributed by atoms with Crippen molar-refractivity contribution in [3.63, 3.8) is 0 Å². The van der Waals surface area contributed by atoms with Crippen molar-refractivity contribution < 1.29 is 18.0 Å². The molecule has 0 bridgehead atoms. The third-order valence-corrected chi connectivity index (χ3v) is 6.99. The summed E-state index contributed by atoms with van der Waals surface area (Å²) in [4.78, 5) is 28.9. The molecule has 9 nitrogen and oxygen atoms in total. The molecule has 3 aromatic rings. The monoisotopic (exact) mass is 524 g/mol. The van der Waals surface area contributed by atoms with E-state index in [1.807, 2.05) is 13.8 Å². The maximum absolute atomic E-state index is 13.1. The number of nitrogens with zero attached hydrogens (tertiary/aromatic N) is 7. The normalized spacial score (nSPS) is 17.9. The Morgan fingerprint density at radius 2 is 1.97 bits per heavy atom. The standard InChI is InChI=1S/C26H27F3N8O/c1-25(2,14-30)18-8-9-36(13-18)22-10-21(33-23(35-22)16-6-7-16)34-24(38)20-5-3-4-19(32-20)17-11-31-37(12-17)15-26(27,28)29/h3-5,10-12,16,18H,6-9,13,15H2,1-2H3,(H,33,34,35,38)/t18-/m1/s1. The molecule has 5 rings (SSSR count). The fourth-order valence-corrected chi connectivity index (χ4v) is 4.52. The molecule has 0 radical (unpaired) electrons. The van der Waals surface area contributed by atoms with E-state index in [4.69, 9.17) is 4.98 Å². The van der Waals surface area contributed by atoms with Crippen molar-refractivity contribution in [1.29, 1.82) is 5.26 Å². The molecule has 1 aliphatic carbocycles. The molecule has 4 heterocycles. The van der Waals surface area contributed by atoms with Crippen molar-refractivity contribution in [3.05, 3.63) is 48.2 Å². The van der Waals surface area contributed by atoms with Crippen LogP contribution in [-0.2, 0) is 6.54 Å². The molecule has 198 valence electrons. The minimum Gasteiger partial charge on any atom is -0.356 e. The maximum atomic E-state index is 13.1.